The number of methoxy groups -OCH3 is 1. The fourth-order valence-corrected chi connectivity index (χ4v) is 1.97. The van der Waals surface area contributed by atoms with Crippen LogP contribution in [0.1, 0.15) is 24.2 Å². The predicted octanol–water partition coefficient (Wildman–Crippen LogP) is 2.94. The third kappa shape index (κ3) is 3.73. The van der Waals surface area contributed by atoms with Gasteiger partial charge in [-0.25, -0.2) is 0 Å². The predicted molar refractivity (Wildman–Crippen MR) is 73.0 cm³/mol. The Bertz CT molecular complexity index is 362. The minimum atomic E-state index is 0.0575. The lowest BCUT2D eigenvalue weighted by Crippen LogP contribution is -2.38. The first-order valence-corrected chi connectivity index (χ1v) is 6.73. The Morgan fingerprint density at radius 1 is 1.35 bits per heavy atom. The summed E-state index contributed by atoms with van der Waals surface area (Å²) in [5.74, 6) is 0.820. The van der Waals surface area contributed by atoms with E-state index in [9.17, 15) is 4.79 Å². The number of ether oxygens (including phenoxy) is 1. The van der Waals surface area contributed by atoms with Crippen molar-refractivity contribution < 1.29 is 9.53 Å². The molecule has 1 aromatic carbocycles. The Hall–Kier alpha value is -1.03. The standard InChI is InChI=1S/C13H18BrNO2/c1-10(2)15(9-8-14)13(16)11-4-6-12(17-3)7-5-11/h4-7,10H,8-9H2,1-3H3. The van der Waals surface area contributed by atoms with Crippen LogP contribution in [0.3, 0.4) is 0 Å². The summed E-state index contributed by atoms with van der Waals surface area (Å²) >= 11 is 3.37. The van der Waals surface area contributed by atoms with Crippen LogP contribution in [0.2, 0.25) is 0 Å². The average Bonchev–Trinajstić information content (AvgIpc) is 2.35. The molecule has 1 aromatic rings. The zero-order valence-corrected chi connectivity index (χ0v) is 12.0. The van der Waals surface area contributed by atoms with E-state index in [-0.39, 0.29) is 11.9 Å². The van der Waals surface area contributed by atoms with E-state index in [0.29, 0.717) is 12.1 Å². The van der Waals surface area contributed by atoms with Gasteiger partial charge in [0.15, 0.2) is 0 Å². The molecular formula is C13H18BrNO2. The van der Waals surface area contributed by atoms with E-state index in [1.165, 1.54) is 0 Å². The van der Waals surface area contributed by atoms with E-state index in [1.54, 1.807) is 31.4 Å². The van der Waals surface area contributed by atoms with Gasteiger partial charge in [-0.1, -0.05) is 15.9 Å². The molecule has 4 heteroatoms. The molecule has 1 amide bonds. The second-order valence-corrected chi connectivity index (χ2v) is 4.80. The van der Waals surface area contributed by atoms with Crippen molar-refractivity contribution in [1.82, 2.24) is 4.90 Å². The molecule has 0 radical (unpaired) electrons. The molecule has 0 saturated carbocycles. The lowest BCUT2D eigenvalue weighted by molar-refractivity contribution is 0.0719. The number of carbonyl (C=O) groups is 1. The number of amides is 1. The third-order valence-corrected chi connectivity index (χ3v) is 2.90. The van der Waals surface area contributed by atoms with Crippen molar-refractivity contribution in [3.05, 3.63) is 29.8 Å². The molecule has 0 saturated heterocycles. The van der Waals surface area contributed by atoms with Gasteiger partial charge in [-0.3, -0.25) is 4.79 Å². The molecule has 3 nitrogen and oxygen atoms in total. The number of hydrogen-bond acceptors (Lipinski definition) is 2. The average molecular weight is 300 g/mol. The smallest absolute Gasteiger partial charge is 0.254 e. The summed E-state index contributed by atoms with van der Waals surface area (Å²) in [5.41, 5.74) is 0.695. The minimum absolute atomic E-state index is 0.0575. The maximum atomic E-state index is 12.2. The van der Waals surface area contributed by atoms with Gasteiger partial charge in [0.25, 0.3) is 5.91 Å². The molecule has 0 spiro atoms. The van der Waals surface area contributed by atoms with Crippen molar-refractivity contribution >= 4 is 21.8 Å². The van der Waals surface area contributed by atoms with Crippen molar-refractivity contribution in [1.29, 1.82) is 0 Å². The van der Waals surface area contributed by atoms with Crippen LogP contribution in [0, 0.1) is 0 Å². The Morgan fingerprint density at radius 2 is 1.94 bits per heavy atom. The molecule has 0 fully saturated rings. The summed E-state index contributed by atoms with van der Waals surface area (Å²) in [7, 11) is 1.61. The molecule has 0 atom stereocenters. The maximum absolute atomic E-state index is 12.2. The highest BCUT2D eigenvalue weighted by atomic mass is 79.9. The van der Waals surface area contributed by atoms with Crippen LogP contribution < -0.4 is 4.74 Å². The van der Waals surface area contributed by atoms with Crippen LogP contribution in [0.25, 0.3) is 0 Å². The molecule has 0 heterocycles. The van der Waals surface area contributed by atoms with Crippen LogP contribution in [0.15, 0.2) is 24.3 Å². The summed E-state index contributed by atoms with van der Waals surface area (Å²) in [6.07, 6.45) is 0. The highest BCUT2D eigenvalue weighted by Crippen LogP contribution is 2.14. The van der Waals surface area contributed by atoms with Gasteiger partial charge in [-0.15, -0.1) is 0 Å². The van der Waals surface area contributed by atoms with Crippen LogP contribution >= 0.6 is 15.9 Å². The SMILES string of the molecule is COc1ccc(C(=O)N(CCBr)C(C)C)cc1. The molecule has 0 aliphatic heterocycles. The number of rotatable bonds is 5. The number of hydrogen-bond donors (Lipinski definition) is 0. The molecule has 0 N–H and O–H groups in total. The topological polar surface area (TPSA) is 29.5 Å². The molecule has 0 aliphatic rings. The van der Waals surface area contributed by atoms with Crippen molar-refractivity contribution in [2.45, 2.75) is 19.9 Å². The highest BCUT2D eigenvalue weighted by Gasteiger charge is 2.17. The molecular weight excluding hydrogens is 282 g/mol. The molecule has 1 rings (SSSR count). The van der Waals surface area contributed by atoms with Gasteiger partial charge in [0.05, 0.1) is 7.11 Å². The zero-order chi connectivity index (χ0) is 12.8. The van der Waals surface area contributed by atoms with Crippen molar-refractivity contribution in [2.24, 2.45) is 0 Å². The molecule has 94 valence electrons. The van der Waals surface area contributed by atoms with Crippen molar-refractivity contribution in [3.8, 4) is 5.75 Å². The molecule has 17 heavy (non-hydrogen) atoms. The zero-order valence-electron chi connectivity index (χ0n) is 10.4. The van der Waals surface area contributed by atoms with Gasteiger partial charge in [0.1, 0.15) is 5.75 Å². The lowest BCUT2D eigenvalue weighted by atomic mass is 10.1. The normalized spacial score (nSPS) is 10.4. The van der Waals surface area contributed by atoms with Gasteiger partial charge < -0.3 is 9.64 Å². The molecule has 0 unspecified atom stereocenters. The summed E-state index contributed by atoms with van der Waals surface area (Å²) in [5, 5.41) is 0.785. The van der Waals surface area contributed by atoms with Crippen LogP contribution in [-0.2, 0) is 0 Å². The molecule has 0 aliphatic carbocycles. The van der Waals surface area contributed by atoms with Crippen LogP contribution in [0.4, 0.5) is 0 Å². The van der Waals surface area contributed by atoms with E-state index in [2.05, 4.69) is 15.9 Å². The first kappa shape index (κ1) is 14.0. The number of carbonyl (C=O) groups excluding carboxylic acids is 1. The van der Waals surface area contributed by atoms with E-state index in [1.807, 2.05) is 18.7 Å². The molecule has 0 aromatic heterocycles. The first-order chi connectivity index (χ1) is 8.10. The summed E-state index contributed by atoms with van der Waals surface area (Å²) in [4.78, 5) is 14.1. The van der Waals surface area contributed by atoms with E-state index in [0.717, 1.165) is 11.1 Å². The van der Waals surface area contributed by atoms with Gasteiger partial charge in [-0.2, -0.15) is 0 Å². The van der Waals surface area contributed by atoms with E-state index < -0.39 is 0 Å². The van der Waals surface area contributed by atoms with Crippen LogP contribution in [0.5, 0.6) is 5.75 Å². The second kappa shape index (κ2) is 6.64. The first-order valence-electron chi connectivity index (χ1n) is 5.61. The number of nitrogens with zero attached hydrogens (tertiary/aromatic N) is 1. The van der Waals surface area contributed by atoms with Gasteiger partial charge in [0, 0.05) is 23.5 Å². The van der Waals surface area contributed by atoms with E-state index in [4.69, 9.17) is 4.74 Å². The summed E-state index contributed by atoms with van der Waals surface area (Å²) in [6.45, 7) is 4.75. The van der Waals surface area contributed by atoms with Crippen molar-refractivity contribution in [3.63, 3.8) is 0 Å². The summed E-state index contributed by atoms with van der Waals surface area (Å²) in [6, 6.07) is 7.40. The number of benzene rings is 1. The number of halogens is 1. The Kier molecular flexibility index (Phi) is 5.48. The monoisotopic (exact) mass is 299 g/mol. The Labute approximate surface area is 111 Å². The Balaban J connectivity index is 2.85. The fraction of sp³-hybridized carbons (Fsp3) is 0.462. The highest BCUT2D eigenvalue weighted by molar-refractivity contribution is 9.09. The fourth-order valence-electron chi connectivity index (χ4n) is 1.58. The largest absolute Gasteiger partial charge is 0.497 e. The van der Waals surface area contributed by atoms with E-state index >= 15 is 0 Å². The van der Waals surface area contributed by atoms with Gasteiger partial charge in [0.2, 0.25) is 0 Å². The molecule has 0 bridgehead atoms. The minimum Gasteiger partial charge on any atom is -0.497 e. The third-order valence-electron chi connectivity index (χ3n) is 2.55. The maximum Gasteiger partial charge on any atom is 0.254 e. The lowest BCUT2D eigenvalue weighted by Gasteiger charge is -2.26. The Morgan fingerprint density at radius 3 is 2.35 bits per heavy atom. The summed E-state index contributed by atoms with van der Waals surface area (Å²) < 4.78 is 5.07. The second-order valence-electron chi connectivity index (χ2n) is 4.01. The number of alkyl halides is 1. The van der Waals surface area contributed by atoms with Gasteiger partial charge >= 0.3 is 0 Å². The van der Waals surface area contributed by atoms with Crippen molar-refractivity contribution in [2.75, 3.05) is 19.0 Å². The quantitative estimate of drug-likeness (QED) is 0.783. The van der Waals surface area contributed by atoms with Crippen LogP contribution in [-0.4, -0.2) is 35.8 Å². The van der Waals surface area contributed by atoms with Gasteiger partial charge in [-0.05, 0) is 38.1 Å².